The lowest BCUT2D eigenvalue weighted by Gasteiger charge is -2.29. The van der Waals surface area contributed by atoms with Crippen LogP contribution in [0.25, 0.3) is 0 Å². The molecule has 1 amide bonds. The van der Waals surface area contributed by atoms with Gasteiger partial charge in [-0.2, -0.15) is 0 Å². The van der Waals surface area contributed by atoms with Crippen molar-refractivity contribution in [3.63, 3.8) is 0 Å². The molecule has 1 aromatic carbocycles. The molecular formula is C15H22F2N2O3S. The Kier molecular flexibility index (Phi) is 6.49. The number of sulfonamides is 1. The molecule has 5 nitrogen and oxygen atoms in total. The SMILES string of the molecule is CCCC(C)NC(=O)C(C)N(c1ccc(F)c(F)c1)S(C)(=O)=O. The van der Waals surface area contributed by atoms with Gasteiger partial charge in [0.25, 0.3) is 0 Å². The number of carbonyl (C=O) groups is 1. The van der Waals surface area contributed by atoms with Crippen molar-refractivity contribution in [2.24, 2.45) is 0 Å². The van der Waals surface area contributed by atoms with Gasteiger partial charge in [0.05, 0.1) is 11.9 Å². The fourth-order valence-electron chi connectivity index (χ4n) is 2.30. The van der Waals surface area contributed by atoms with E-state index in [9.17, 15) is 22.0 Å². The number of hydrogen-bond donors (Lipinski definition) is 1. The van der Waals surface area contributed by atoms with Gasteiger partial charge >= 0.3 is 0 Å². The second-order valence-electron chi connectivity index (χ2n) is 5.53. The molecule has 1 aromatic rings. The van der Waals surface area contributed by atoms with Crippen LogP contribution in [-0.4, -0.2) is 32.7 Å². The highest BCUT2D eigenvalue weighted by Crippen LogP contribution is 2.23. The van der Waals surface area contributed by atoms with Gasteiger partial charge in [0.2, 0.25) is 15.9 Å². The molecule has 8 heteroatoms. The van der Waals surface area contributed by atoms with E-state index in [4.69, 9.17) is 0 Å². The van der Waals surface area contributed by atoms with Gasteiger partial charge in [-0.1, -0.05) is 13.3 Å². The van der Waals surface area contributed by atoms with E-state index in [1.807, 2.05) is 13.8 Å². The van der Waals surface area contributed by atoms with Gasteiger partial charge in [0, 0.05) is 12.1 Å². The van der Waals surface area contributed by atoms with E-state index >= 15 is 0 Å². The molecule has 0 aromatic heterocycles. The van der Waals surface area contributed by atoms with Crippen LogP contribution < -0.4 is 9.62 Å². The molecular weight excluding hydrogens is 326 g/mol. The van der Waals surface area contributed by atoms with Crippen molar-refractivity contribution in [2.75, 3.05) is 10.6 Å². The van der Waals surface area contributed by atoms with Gasteiger partial charge in [0.1, 0.15) is 6.04 Å². The van der Waals surface area contributed by atoms with Crippen LogP contribution in [-0.2, 0) is 14.8 Å². The molecule has 0 saturated carbocycles. The van der Waals surface area contributed by atoms with E-state index in [0.29, 0.717) is 0 Å². The minimum absolute atomic E-state index is 0.0998. The molecule has 2 atom stereocenters. The molecule has 1 N–H and O–H groups in total. The molecule has 0 spiro atoms. The van der Waals surface area contributed by atoms with Gasteiger partial charge < -0.3 is 5.32 Å². The zero-order valence-corrected chi connectivity index (χ0v) is 14.5. The minimum Gasteiger partial charge on any atom is -0.352 e. The molecule has 130 valence electrons. The summed E-state index contributed by atoms with van der Waals surface area (Å²) < 4.78 is 51.3. The van der Waals surface area contributed by atoms with E-state index in [1.54, 1.807) is 0 Å². The lowest BCUT2D eigenvalue weighted by atomic mass is 10.2. The van der Waals surface area contributed by atoms with Gasteiger partial charge in [-0.3, -0.25) is 9.10 Å². The average molecular weight is 348 g/mol. The highest BCUT2D eigenvalue weighted by Gasteiger charge is 2.30. The van der Waals surface area contributed by atoms with Crippen LogP contribution >= 0.6 is 0 Å². The summed E-state index contributed by atoms with van der Waals surface area (Å²) in [6.45, 7) is 5.18. The summed E-state index contributed by atoms with van der Waals surface area (Å²) in [7, 11) is -3.86. The number of carbonyl (C=O) groups excluding carboxylic acids is 1. The predicted octanol–water partition coefficient (Wildman–Crippen LogP) is 2.42. The zero-order chi connectivity index (χ0) is 17.8. The first-order chi connectivity index (χ1) is 10.6. The Morgan fingerprint density at radius 1 is 1.26 bits per heavy atom. The number of amides is 1. The van der Waals surface area contributed by atoms with Gasteiger partial charge in [-0.05, 0) is 32.4 Å². The summed E-state index contributed by atoms with van der Waals surface area (Å²) in [5.41, 5.74) is -0.0998. The minimum atomic E-state index is -3.86. The molecule has 0 aliphatic rings. The topological polar surface area (TPSA) is 66.5 Å². The van der Waals surface area contributed by atoms with Gasteiger partial charge in [-0.15, -0.1) is 0 Å². The molecule has 1 rings (SSSR count). The van der Waals surface area contributed by atoms with Crippen LogP contribution in [0.3, 0.4) is 0 Å². The number of hydrogen-bond acceptors (Lipinski definition) is 3. The maximum Gasteiger partial charge on any atom is 0.243 e. The summed E-state index contributed by atoms with van der Waals surface area (Å²) in [5, 5.41) is 2.72. The fourth-order valence-corrected chi connectivity index (χ4v) is 3.47. The van der Waals surface area contributed by atoms with Crippen molar-refractivity contribution in [2.45, 2.75) is 45.7 Å². The number of benzene rings is 1. The second-order valence-corrected chi connectivity index (χ2v) is 7.39. The van der Waals surface area contributed by atoms with Crippen LogP contribution in [0.5, 0.6) is 0 Å². The van der Waals surface area contributed by atoms with Crippen molar-refractivity contribution in [3.8, 4) is 0 Å². The van der Waals surface area contributed by atoms with Gasteiger partial charge in [-0.25, -0.2) is 17.2 Å². The van der Waals surface area contributed by atoms with Crippen LogP contribution in [0.4, 0.5) is 14.5 Å². The molecule has 0 saturated heterocycles. The third-order valence-electron chi connectivity index (χ3n) is 3.36. The normalized spacial score (nSPS) is 14.2. The Bertz CT molecular complexity index is 665. The Balaban J connectivity index is 3.12. The van der Waals surface area contributed by atoms with E-state index in [0.717, 1.165) is 41.6 Å². The molecule has 2 unspecified atom stereocenters. The predicted molar refractivity (Wildman–Crippen MR) is 85.7 cm³/mol. The van der Waals surface area contributed by atoms with Crippen molar-refractivity contribution < 1.29 is 22.0 Å². The highest BCUT2D eigenvalue weighted by atomic mass is 32.2. The first-order valence-electron chi connectivity index (χ1n) is 7.32. The van der Waals surface area contributed by atoms with Crippen LogP contribution in [0.15, 0.2) is 18.2 Å². The second kappa shape index (κ2) is 7.72. The monoisotopic (exact) mass is 348 g/mol. The van der Waals surface area contributed by atoms with Crippen LogP contribution in [0.2, 0.25) is 0 Å². The van der Waals surface area contributed by atoms with E-state index in [1.165, 1.54) is 6.92 Å². The van der Waals surface area contributed by atoms with Crippen LogP contribution in [0.1, 0.15) is 33.6 Å². The summed E-state index contributed by atoms with van der Waals surface area (Å²) in [5.74, 6) is -2.76. The first kappa shape index (κ1) is 19.3. The first-order valence-corrected chi connectivity index (χ1v) is 9.17. The van der Waals surface area contributed by atoms with E-state index in [-0.39, 0.29) is 11.7 Å². The maximum absolute atomic E-state index is 13.4. The number of halogens is 2. The highest BCUT2D eigenvalue weighted by molar-refractivity contribution is 7.92. The molecule has 23 heavy (non-hydrogen) atoms. The largest absolute Gasteiger partial charge is 0.352 e. The maximum atomic E-state index is 13.4. The lowest BCUT2D eigenvalue weighted by molar-refractivity contribution is -0.122. The van der Waals surface area contributed by atoms with Crippen molar-refractivity contribution in [1.82, 2.24) is 5.32 Å². The number of rotatable bonds is 7. The number of anilines is 1. The van der Waals surface area contributed by atoms with Crippen molar-refractivity contribution >= 4 is 21.6 Å². The fraction of sp³-hybridized carbons (Fsp3) is 0.533. The molecule has 0 fully saturated rings. The lowest BCUT2D eigenvalue weighted by Crippen LogP contribution is -2.49. The molecule has 0 bridgehead atoms. The van der Waals surface area contributed by atoms with Crippen molar-refractivity contribution in [3.05, 3.63) is 29.8 Å². The smallest absolute Gasteiger partial charge is 0.243 e. The number of nitrogens with one attached hydrogen (secondary N) is 1. The summed E-state index contributed by atoms with van der Waals surface area (Å²) in [6.07, 6.45) is 2.53. The summed E-state index contributed by atoms with van der Waals surface area (Å²) >= 11 is 0. The van der Waals surface area contributed by atoms with E-state index in [2.05, 4.69) is 5.32 Å². The molecule has 0 aliphatic heterocycles. The Hall–Kier alpha value is -1.70. The molecule has 0 radical (unpaired) electrons. The quantitative estimate of drug-likeness (QED) is 0.823. The number of nitrogens with zero attached hydrogens (tertiary/aromatic N) is 1. The summed E-state index contributed by atoms with van der Waals surface area (Å²) in [4.78, 5) is 12.3. The Morgan fingerprint density at radius 3 is 2.35 bits per heavy atom. The Morgan fingerprint density at radius 2 is 1.87 bits per heavy atom. The van der Waals surface area contributed by atoms with Crippen LogP contribution in [0, 0.1) is 11.6 Å². The average Bonchev–Trinajstić information content (AvgIpc) is 2.41. The van der Waals surface area contributed by atoms with Crippen molar-refractivity contribution in [1.29, 1.82) is 0 Å². The Labute approximate surface area is 135 Å². The van der Waals surface area contributed by atoms with E-state index < -0.39 is 33.6 Å². The molecule has 0 aliphatic carbocycles. The molecule has 0 heterocycles. The third kappa shape index (κ3) is 5.16. The summed E-state index contributed by atoms with van der Waals surface area (Å²) in [6, 6.07) is 1.51. The third-order valence-corrected chi connectivity index (χ3v) is 4.60. The standard InChI is InChI=1S/C15H22F2N2O3S/c1-5-6-10(2)18-15(20)11(3)19(23(4,21)22)12-7-8-13(16)14(17)9-12/h7-11H,5-6H2,1-4H3,(H,18,20). The zero-order valence-electron chi connectivity index (χ0n) is 13.6. The van der Waals surface area contributed by atoms with Gasteiger partial charge in [0.15, 0.2) is 11.6 Å².